The van der Waals surface area contributed by atoms with Crippen LogP contribution >= 0.6 is 0 Å². The fourth-order valence-electron chi connectivity index (χ4n) is 2.85. The summed E-state index contributed by atoms with van der Waals surface area (Å²) in [6, 6.07) is 10.9. The van der Waals surface area contributed by atoms with Gasteiger partial charge in [0, 0.05) is 6.42 Å². The summed E-state index contributed by atoms with van der Waals surface area (Å²) >= 11 is 0. The molecule has 2 aromatic rings. The van der Waals surface area contributed by atoms with Gasteiger partial charge in [0.1, 0.15) is 16.9 Å². The molecule has 0 aliphatic rings. The molecule has 0 atom stereocenters. The molecular weight excluding hydrogens is 280 g/mol. The van der Waals surface area contributed by atoms with Gasteiger partial charge in [0.2, 0.25) is 0 Å². The minimum Gasteiger partial charge on any atom is -0.487 e. The number of benzene rings is 2. The Balaban J connectivity index is 2.45. The summed E-state index contributed by atoms with van der Waals surface area (Å²) in [4.78, 5) is 11.5. The van der Waals surface area contributed by atoms with Gasteiger partial charge in [0.25, 0.3) is 0 Å². The van der Waals surface area contributed by atoms with Crippen LogP contribution in [0.5, 0.6) is 5.75 Å². The molecule has 0 saturated heterocycles. The lowest BCUT2D eigenvalue weighted by molar-refractivity contribution is -0.0109. The number of aliphatic hydroxyl groups is 1. The topological polar surface area (TPSA) is 66.8 Å². The number of rotatable bonds is 5. The van der Waals surface area contributed by atoms with Crippen LogP contribution in [0, 0.1) is 0 Å². The van der Waals surface area contributed by atoms with E-state index in [4.69, 9.17) is 4.74 Å². The molecule has 0 amide bonds. The zero-order chi connectivity index (χ0) is 16.5. The lowest BCUT2D eigenvalue weighted by Crippen LogP contribution is -2.38. The maximum absolute atomic E-state index is 11.5. The molecule has 0 aliphatic carbocycles. The normalized spacial score (nSPS) is 12.4. The number of hydrogen-bond acceptors (Lipinski definition) is 3. The minimum atomic E-state index is -1.03. The highest BCUT2D eigenvalue weighted by Crippen LogP contribution is 2.32. The van der Waals surface area contributed by atoms with E-state index in [-0.39, 0.29) is 5.56 Å². The highest BCUT2D eigenvalue weighted by Gasteiger charge is 2.30. The van der Waals surface area contributed by atoms with Crippen LogP contribution in [-0.4, -0.2) is 27.4 Å². The molecular formula is C18H22O4. The van der Waals surface area contributed by atoms with Crippen molar-refractivity contribution in [3.05, 3.63) is 42.0 Å². The third-order valence-electron chi connectivity index (χ3n) is 3.32. The highest BCUT2D eigenvalue weighted by atomic mass is 16.5. The summed E-state index contributed by atoms with van der Waals surface area (Å²) in [6.07, 6.45) is 0.381. The van der Waals surface area contributed by atoms with Gasteiger partial charge in [-0.15, -0.1) is 0 Å². The zero-order valence-corrected chi connectivity index (χ0v) is 13.4. The number of carboxylic acid groups (broad SMARTS) is 1. The van der Waals surface area contributed by atoms with Crippen LogP contribution in [0.1, 0.15) is 44.5 Å². The Labute approximate surface area is 130 Å². The Morgan fingerprint density at radius 2 is 1.64 bits per heavy atom. The Kier molecular flexibility index (Phi) is 4.16. The molecule has 22 heavy (non-hydrogen) atoms. The van der Waals surface area contributed by atoms with Crippen molar-refractivity contribution in [2.24, 2.45) is 0 Å². The smallest absolute Gasteiger partial charge is 0.339 e. The summed E-state index contributed by atoms with van der Waals surface area (Å²) in [5.74, 6) is -0.708. The molecule has 0 heterocycles. The van der Waals surface area contributed by atoms with Crippen molar-refractivity contribution in [1.82, 2.24) is 0 Å². The molecule has 0 saturated carbocycles. The minimum absolute atomic E-state index is 0.127. The van der Waals surface area contributed by atoms with Crippen molar-refractivity contribution in [1.29, 1.82) is 0 Å². The van der Waals surface area contributed by atoms with E-state index in [0.29, 0.717) is 12.2 Å². The lowest BCUT2D eigenvalue weighted by Gasteiger charge is -2.32. The first-order valence-electron chi connectivity index (χ1n) is 7.25. The summed E-state index contributed by atoms with van der Waals surface area (Å²) in [5.41, 5.74) is -1.46. The second kappa shape index (κ2) is 5.61. The van der Waals surface area contributed by atoms with Crippen molar-refractivity contribution in [2.45, 2.75) is 45.3 Å². The summed E-state index contributed by atoms with van der Waals surface area (Å²) in [7, 11) is 0. The van der Waals surface area contributed by atoms with E-state index in [2.05, 4.69) is 0 Å². The largest absolute Gasteiger partial charge is 0.487 e. The van der Waals surface area contributed by atoms with Gasteiger partial charge in [-0.1, -0.05) is 24.3 Å². The monoisotopic (exact) mass is 302 g/mol. The fourth-order valence-corrected chi connectivity index (χ4v) is 2.85. The van der Waals surface area contributed by atoms with Gasteiger partial charge in [-0.2, -0.15) is 0 Å². The zero-order valence-electron chi connectivity index (χ0n) is 13.4. The standard InChI is InChI=1S/C18H22O4/c1-17(2,21)11-18(3,4)22-15-10-13-8-6-5-7-12(13)9-14(15)16(19)20/h5-10,21H,11H2,1-4H3,(H,19,20). The van der Waals surface area contributed by atoms with E-state index in [1.54, 1.807) is 26.0 Å². The van der Waals surface area contributed by atoms with Gasteiger partial charge >= 0.3 is 5.97 Å². The molecule has 4 nitrogen and oxygen atoms in total. The first kappa shape index (κ1) is 16.3. The number of aromatic carboxylic acids is 1. The summed E-state index contributed by atoms with van der Waals surface area (Å²) in [5, 5.41) is 21.2. The molecule has 2 aromatic carbocycles. The Hall–Kier alpha value is -2.07. The molecule has 4 heteroatoms. The SMILES string of the molecule is CC(C)(O)CC(C)(C)Oc1cc2ccccc2cc1C(=O)O. The van der Waals surface area contributed by atoms with Crippen LogP contribution < -0.4 is 4.74 Å². The van der Waals surface area contributed by atoms with Crippen molar-refractivity contribution in [3.8, 4) is 5.75 Å². The Bertz CT molecular complexity index is 696. The van der Waals surface area contributed by atoms with Gasteiger partial charge in [-0.3, -0.25) is 0 Å². The van der Waals surface area contributed by atoms with Gasteiger partial charge < -0.3 is 14.9 Å². The fraction of sp³-hybridized carbons (Fsp3) is 0.389. The van der Waals surface area contributed by atoms with Crippen molar-refractivity contribution in [2.75, 3.05) is 0 Å². The van der Waals surface area contributed by atoms with Crippen LogP contribution in [0.25, 0.3) is 10.8 Å². The van der Waals surface area contributed by atoms with E-state index >= 15 is 0 Å². The van der Waals surface area contributed by atoms with Crippen molar-refractivity contribution < 1.29 is 19.7 Å². The van der Waals surface area contributed by atoms with E-state index < -0.39 is 17.2 Å². The lowest BCUT2D eigenvalue weighted by atomic mass is 9.92. The Morgan fingerprint density at radius 1 is 1.09 bits per heavy atom. The highest BCUT2D eigenvalue weighted by molar-refractivity contribution is 5.97. The molecule has 0 bridgehead atoms. The molecule has 0 spiro atoms. The molecule has 0 aliphatic heterocycles. The first-order valence-corrected chi connectivity index (χ1v) is 7.25. The number of hydrogen-bond donors (Lipinski definition) is 2. The first-order chi connectivity index (χ1) is 10.1. The van der Waals surface area contributed by atoms with Gasteiger partial charge in [-0.05, 0) is 50.6 Å². The molecule has 0 radical (unpaired) electrons. The second-order valence-electron chi connectivity index (χ2n) is 6.85. The van der Waals surface area contributed by atoms with Crippen molar-refractivity contribution in [3.63, 3.8) is 0 Å². The maximum Gasteiger partial charge on any atom is 0.339 e. The second-order valence-corrected chi connectivity index (χ2v) is 6.85. The van der Waals surface area contributed by atoms with Crippen LogP contribution in [0.3, 0.4) is 0 Å². The average molecular weight is 302 g/mol. The van der Waals surface area contributed by atoms with E-state index in [9.17, 15) is 15.0 Å². The number of fused-ring (bicyclic) bond motifs is 1. The predicted molar refractivity (Wildman–Crippen MR) is 86.5 cm³/mol. The van der Waals surface area contributed by atoms with E-state index in [1.165, 1.54) is 0 Å². The molecule has 0 fully saturated rings. The predicted octanol–water partition coefficient (Wildman–Crippen LogP) is 3.86. The number of carbonyl (C=O) groups is 1. The average Bonchev–Trinajstić information content (AvgIpc) is 2.34. The third kappa shape index (κ3) is 3.98. The number of carboxylic acids is 1. The van der Waals surface area contributed by atoms with E-state index in [1.807, 2.05) is 38.1 Å². The molecule has 0 aromatic heterocycles. The van der Waals surface area contributed by atoms with Crippen LogP contribution in [-0.2, 0) is 0 Å². The van der Waals surface area contributed by atoms with Crippen molar-refractivity contribution >= 4 is 16.7 Å². The van der Waals surface area contributed by atoms with Crippen LogP contribution in [0.15, 0.2) is 36.4 Å². The third-order valence-corrected chi connectivity index (χ3v) is 3.32. The Morgan fingerprint density at radius 3 is 2.14 bits per heavy atom. The van der Waals surface area contributed by atoms with E-state index in [0.717, 1.165) is 10.8 Å². The molecule has 2 rings (SSSR count). The molecule has 0 unspecified atom stereocenters. The number of ether oxygens (including phenoxy) is 1. The van der Waals surface area contributed by atoms with Gasteiger partial charge in [0.15, 0.2) is 0 Å². The van der Waals surface area contributed by atoms with Crippen LogP contribution in [0.2, 0.25) is 0 Å². The summed E-state index contributed by atoms with van der Waals surface area (Å²) in [6.45, 7) is 7.09. The van der Waals surface area contributed by atoms with Crippen LogP contribution in [0.4, 0.5) is 0 Å². The quantitative estimate of drug-likeness (QED) is 0.880. The van der Waals surface area contributed by atoms with Gasteiger partial charge in [-0.25, -0.2) is 4.79 Å². The maximum atomic E-state index is 11.5. The molecule has 118 valence electrons. The van der Waals surface area contributed by atoms with Gasteiger partial charge in [0.05, 0.1) is 5.60 Å². The summed E-state index contributed by atoms with van der Waals surface area (Å²) < 4.78 is 5.94. The molecule has 2 N–H and O–H groups in total.